The van der Waals surface area contributed by atoms with E-state index in [0.717, 1.165) is 17.9 Å². The summed E-state index contributed by atoms with van der Waals surface area (Å²) >= 11 is 0. The molecule has 0 aromatic carbocycles. The first-order valence-corrected chi connectivity index (χ1v) is 7.11. The van der Waals surface area contributed by atoms with Crippen LogP contribution in [0.4, 0.5) is 0 Å². The molecule has 1 aromatic heterocycles. The molecule has 4 nitrogen and oxygen atoms in total. The lowest BCUT2D eigenvalue weighted by atomic mass is 10.1. The minimum Gasteiger partial charge on any atom is -0.475 e. The first kappa shape index (κ1) is 14.1. The van der Waals surface area contributed by atoms with Crippen LogP contribution >= 0.6 is 0 Å². The van der Waals surface area contributed by atoms with Gasteiger partial charge in [-0.05, 0) is 32.9 Å². The van der Waals surface area contributed by atoms with Gasteiger partial charge < -0.3 is 9.52 Å². The van der Waals surface area contributed by atoms with E-state index in [9.17, 15) is 4.79 Å². The molecule has 1 aromatic rings. The standard InChI is InChI=1S/C15H23NO3/c1-11-12(9-14(19-11)15(17)18)10-16(2)13-7-5-3-4-6-8-13/h9,13H,3-8,10H2,1-2H3,(H,17,18). The fourth-order valence-electron chi connectivity index (χ4n) is 2.88. The van der Waals surface area contributed by atoms with E-state index in [0.29, 0.717) is 6.04 Å². The maximum atomic E-state index is 10.9. The number of aryl methyl sites for hydroxylation is 1. The lowest BCUT2D eigenvalue weighted by molar-refractivity contribution is 0.0661. The van der Waals surface area contributed by atoms with E-state index in [1.165, 1.54) is 38.5 Å². The monoisotopic (exact) mass is 265 g/mol. The van der Waals surface area contributed by atoms with Crippen LogP contribution in [-0.2, 0) is 6.54 Å². The average Bonchev–Trinajstić information content (AvgIpc) is 2.60. The van der Waals surface area contributed by atoms with Crippen molar-refractivity contribution in [1.82, 2.24) is 4.90 Å². The van der Waals surface area contributed by atoms with Crippen molar-refractivity contribution in [3.05, 3.63) is 23.2 Å². The summed E-state index contributed by atoms with van der Waals surface area (Å²) in [6, 6.07) is 2.27. The first-order chi connectivity index (χ1) is 9.08. The van der Waals surface area contributed by atoms with Gasteiger partial charge in [-0.3, -0.25) is 4.90 Å². The summed E-state index contributed by atoms with van der Waals surface area (Å²) in [6.45, 7) is 2.61. The van der Waals surface area contributed by atoms with Gasteiger partial charge in [-0.1, -0.05) is 25.7 Å². The Balaban J connectivity index is 2.01. The number of carboxylic acid groups (broad SMARTS) is 1. The molecule has 106 valence electrons. The maximum Gasteiger partial charge on any atom is 0.371 e. The van der Waals surface area contributed by atoms with Crippen molar-refractivity contribution in [2.24, 2.45) is 0 Å². The van der Waals surface area contributed by atoms with Crippen LogP contribution < -0.4 is 0 Å². The zero-order chi connectivity index (χ0) is 13.8. The van der Waals surface area contributed by atoms with Gasteiger partial charge in [0.2, 0.25) is 5.76 Å². The van der Waals surface area contributed by atoms with Crippen LogP contribution in [0, 0.1) is 6.92 Å². The molecule has 0 unspecified atom stereocenters. The molecule has 2 rings (SSSR count). The van der Waals surface area contributed by atoms with Gasteiger partial charge in [-0.15, -0.1) is 0 Å². The van der Waals surface area contributed by atoms with Gasteiger partial charge >= 0.3 is 5.97 Å². The van der Waals surface area contributed by atoms with E-state index >= 15 is 0 Å². The van der Waals surface area contributed by atoms with Gasteiger partial charge in [0.15, 0.2) is 0 Å². The Labute approximate surface area is 114 Å². The summed E-state index contributed by atoms with van der Waals surface area (Å²) in [4.78, 5) is 13.2. The number of rotatable bonds is 4. The van der Waals surface area contributed by atoms with Crippen LogP contribution in [0.1, 0.15) is 60.4 Å². The second kappa shape index (κ2) is 6.24. The largest absolute Gasteiger partial charge is 0.475 e. The Morgan fingerprint density at radius 2 is 2.00 bits per heavy atom. The van der Waals surface area contributed by atoms with Gasteiger partial charge in [0.05, 0.1) is 0 Å². The highest BCUT2D eigenvalue weighted by Gasteiger charge is 2.20. The van der Waals surface area contributed by atoms with E-state index in [4.69, 9.17) is 9.52 Å². The van der Waals surface area contributed by atoms with Crippen molar-refractivity contribution < 1.29 is 14.3 Å². The summed E-state index contributed by atoms with van der Waals surface area (Å²) in [5.41, 5.74) is 0.990. The molecule has 0 saturated heterocycles. The third kappa shape index (κ3) is 3.60. The molecule has 1 heterocycles. The highest BCUT2D eigenvalue weighted by molar-refractivity contribution is 5.84. The fourth-order valence-corrected chi connectivity index (χ4v) is 2.88. The third-order valence-electron chi connectivity index (χ3n) is 4.10. The van der Waals surface area contributed by atoms with E-state index < -0.39 is 5.97 Å². The molecule has 1 aliphatic carbocycles. The van der Waals surface area contributed by atoms with Crippen molar-refractivity contribution in [1.29, 1.82) is 0 Å². The van der Waals surface area contributed by atoms with E-state index in [2.05, 4.69) is 11.9 Å². The molecular weight excluding hydrogens is 242 g/mol. The number of carbonyl (C=O) groups is 1. The molecule has 0 bridgehead atoms. The van der Waals surface area contributed by atoms with Crippen molar-refractivity contribution >= 4 is 5.97 Å². The highest BCUT2D eigenvalue weighted by Crippen LogP contribution is 2.24. The molecule has 0 amide bonds. The Morgan fingerprint density at radius 1 is 1.37 bits per heavy atom. The van der Waals surface area contributed by atoms with E-state index in [1.807, 2.05) is 6.92 Å². The van der Waals surface area contributed by atoms with E-state index in [1.54, 1.807) is 6.07 Å². The summed E-state index contributed by atoms with van der Waals surface area (Å²) in [7, 11) is 2.13. The zero-order valence-electron chi connectivity index (χ0n) is 11.8. The predicted molar refractivity (Wildman–Crippen MR) is 73.4 cm³/mol. The topological polar surface area (TPSA) is 53.7 Å². The number of nitrogens with zero attached hydrogens (tertiary/aromatic N) is 1. The molecule has 1 aliphatic rings. The van der Waals surface area contributed by atoms with Crippen molar-refractivity contribution in [3.8, 4) is 0 Å². The molecule has 1 fully saturated rings. The van der Waals surface area contributed by atoms with Crippen LogP contribution in [0.5, 0.6) is 0 Å². The van der Waals surface area contributed by atoms with Gasteiger partial charge in [0, 0.05) is 18.2 Å². The second-order valence-electron chi connectivity index (χ2n) is 5.56. The Kier molecular flexibility index (Phi) is 4.64. The number of hydrogen-bond donors (Lipinski definition) is 1. The van der Waals surface area contributed by atoms with Crippen molar-refractivity contribution in [3.63, 3.8) is 0 Å². The number of furan rings is 1. The molecule has 19 heavy (non-hydrogen) atoms. The lowest BCUT2D eigenvalue weighted by Crippen LogP contribution is -2.30. The minimum absolute atomic E-state index is 0.0433. The van der Waals surface area contributed by atoms with Crippen LogP contribution in [0.3, 0.4) is 0 Å². The van der Waals surface area contributed by atoms with E-state index in [-0.39, 0.29) is 5.76 Å². The van der Waals surface area contributed by atoms with Crippen molar-refractivity contribution in [2.45, 2.75) is 58.0 Å². The Morgan fingerprint density at radius 3 is 2.53 bits per heavy atom. The second-order valence-corrected chi connectivity index (χ2v) is 5.56. The molecule has 0 aliphatic heterocycles. The van der Waals surface area contributed by atoms with Crippen LogP contribution in [-0.4, -0.2) is 29.1 Å². The highest BCUT2D eigenvalue weighted by atomic mass is 16.4. The first-order valence-electron chi connectivity index (χ1n) is 7.11. The molecule has 4 heteroatoms. The van der Waals surface area contributed by atoms with Crippen LogP contribution in [0.2, 0.25) is 0 Å². The Bertz CT molecular complexity index is 431. The summed E-state index contributed by atoms with van der Waals surface area (Å²) in [5.74, 6) is -0.230. The normalized spacial score (nSPS) is 17.6. The smallest absolute Gasteiger partial charge is 0.371 e. The third-order valence-corrected chi connectivity index (χ3v) is 4.10. The molecular formula is C15H23NO3. The lowest BCUT2D eigenvalue weighted by Gasteiger charge is -2.26. The van der Waals surface area contributed by atoms with Gasteiger partial charge in [-0.25, -0.2) is 4.79 Å². The number of hydrogen-bond acceptors (Lipinski definition) is 3. The van der Waals surface area contributed by atoms with Gasteiger partial charge in [-0.2, -0.15) is 0 Å². The quantitative estimate of drug-likeness (QED) is 0.847. The fraction of sp³-hybridized carbons (Fsp3) is 0.667. The summed E-state index contributed by atoms with van der Waals surface area (Å²) < 4.78 is 5.26. The van der Waals surface area contributed by atoms with Gasteiger partial charge in [0.1, 0.15) is 5.76 Å². The van der Waals surface area contributed by atoms with Crippen LogP contribution in [0.15, 0.2) is 10.5 Å². The molecule has 1 saturated carbocycles. The summed E-state index contributed by atoms with van der Waals surface area (Å²) in [5, 5.41) is 8.94. The molecule has 1 N–H and O–H groups in total. The maximum absolute atomic E-state index is 10.9. The number of aromatic carboxylic acids is 1. The molecule has 0 atom stereocenters. The summed E-state index contributed by atoms with van der Waals surface area (Å²) in [6.07, 6.45) is 7.80. The van der Waals surface area contributed by atoms with Gasteiger partial charge in [0.25, 0.3) is 0 Å². The minimum atomic E-state index is -0.994. The average molecular weight is 265 g/mol. The van der Waals surface area contributed by atoms with Crippen molar-refractivity contribution in [2.75, 3.05) is 7.05 Å². The molecule has 0 spiro atoms. The SMILES string of the molecule is Cc1oc(C(=O)O)cc1CN(C)C1CCCCCC1. The number of carboxylic acids is 1. The van der Waals surface area contributed by atoms with Crippen LogP contribution in [0.25, 0.3) is 0 Å². The zero-order valence-corrected chi connectivity index (χ0v) is 11.8. The predicted octanol–water partition coefficient (Wildman–Crippen LogP) is 3.44. The molecule has 0 radical (unpaired) electrons. The Hall–Kier alpha value is -1.29.